The van der Waals surface area contributed by atoms with Crippen molar-refractivity contribution in [2.45, 2.75) is 63.6 Å². The maximum Gasteiger partial charge on any atom is 0.432 e. The van der Waals surface area contributed by atoms with E-state index >= 15 is 0 Å². The molecule has 0 saturated heterocycles. The van der Waals surface area contributed by atoms with Crippen molar-refractivity contribution in [3.63, 3.8) is 0 Å². The summed E-state index contributed by atoms with van der Waals surface area (Å²) >= 11 is 0. The summed E-state index contributed by atoms with van der Waals surface area (Å²) in [5, 5.41) is 14.5. The summed E-state index contributed by atoms with van der Waals surface area (Å²) in [5.74, 6) is 2.62. The number of carboxylic acid groups (broad SMARTS) is 1. The largest absolute Gasteiger partial charge is 0.465 e. The zero-order valence-corrected chi connectivity index (χ0v) is 25.1. The molecule has 1 aromatic heterocycles. The lowest BCUT2D eigenvalue weighted by molar-refractivity contribution is -0.0949. The number of methoxy groups -OCH3 is 2. The fourth-order valence-corrected chi connectivity index (χ4v) is 8.06. The van der Waals surface area contributed by atoms with Crippen LogP contribution in [0.25, 0.3) is 22.5 Å². The van der Waals surface area contributed by atoms with E-state index in [1.165, 1.54) is 31.9 Å². The maximum atomic E-state index is 12.3. The van der Waals surface area contributed by atoms with Crippen molar-refractivity contribution in [1.29, 1.82) is 0 Å². The molecule has 0 amide bonds. The first-order chi connectivity index (χ1) is 20.8. The summed E-state index contributed by atoms with van der Waals surface area (Å²) in [6, 6.07) is 14.6. The predicted octanol–water partition coefficient (Wildman–Crippen LogP) is 6.78. The van der Waals surface area contributed by atoms with Crippen molar-refractivity contribution in [2.24, 2.45) is 17.8 Å². The minimum atomic E-state index is -1.18. The number of benzene rings is 2. The van der Waals surface area contributed by atoms with Crippen LogP contribution in [0.15, 0.2) is 48.5 Å². The van der Waals surface area contributed by atoms with Gasteiger partial charge in [0.15, 0.2) is 6.29 Å². The molecule has 1 unspecified atom stereocenters. The van der Waals surface area contributed by atoms with E-state index < -0.39 is 12.1 Å². The average molecular weight is 589 g/mol. The molecule has 3 aromatic rings. The Labute approximate surface area is 252 Å². The third-order valence-electron chi connectivity index (χ3n) is 9.56. The van der Waals surface area contributed by atoms with E-state index in [0.717, 1.165) is 53.0 Å². The van der Waals surface area contributed by atoms with E-state index in [4.69, 9.17) is 18.9 Å². The number of rotatable bonds is 11. The van der Waals surface area contributed by atoms with Crippen LogP contribution in [0.2, 0.25) is 0 Å². The second kappa shape index (κ2) is 12.1. The summed E-state index contributed by atoms with van der Waals surface area (Å²) in [4.78, 5) is 24.2. The van der Waals surface area contributed by atoms with Crippen LogP contribution in [-0.4, -0.2) is 60.7 Å². The molecule has 9 nitrogen and oxygen atoms in total. The minimum absolute atomic E-state index is 0.0345. The number of hydrogen-bond donors (Lipinski definition) is 1. The van der Waals surface area contributed by atoms with Gasteiger partial charge >= 0.3 is 12.1 Å². The molecule has 4 aliphatic rings. The summed E-state index contributed by atoms with van der Waals surface area (Å²) in [7, 11) is 2.98. The molecule has 43 heavy (non-hydrogen) atoms. The number of esters is 1. The topological polar surface area (TPSA) is 109 Å². The van der Waals surface area contributed by atoms with E-state index in [9.17, 15) is 14.7 Å². The van der Waals surface area contributed by atoms with Crippen LogP contribution in [-0.2, 0) is 19.6 Å². The van der Waals surface area contributed by atoms with Crippen LogP contribution in [0.4, 0.5) is 4.79 Å². The summed E-state index contributed by atoms with van der Waals surface area (Å²) in [6.07, 6.45) is 6.57. The Kier molecular flexibility index (Phi) is 8.29. The summed E-state index contributed by atoms with van der Waals surface area (Å²) in [5.41, 5.74) is 4.08. The number of nitrogens with zero attached hydrogens (tertiary/aromatic N) is 2. The normalized spacial score (nSPS) is 24.6. The summed E-state index contributed by atoms with van der Waals surface area (Å²) in [6.45, 7) is 3.00. The number of carbonyl (C=O) groups is 2. The third-order valence-corrected chi connectivity index (χ3v) is 9.56. The van der Waals surface area contributed by atoms with Crippen LogP contribution < -0.4 is 4.74 Å². The molecule has 4 aliphatic carbocycles. The van der Waals surface area contributed by atoms with Crippen LogP contribution in [0, 0.1) is 17.8 Å². The first-order valence-corrected chi connectivity index (χ1v) is 15.3. The molecule has 2 aromatic carbocycles. The predicted molar refractivity (Wildman–Crippen MR) is 160 cm³/mol. The molecular weight excluding hydrogens is 548 g/mol. The Bertz CT molecular complexity index is 1440. The third kappa shape index (κ3) is 5.80. The van der Waals surface area contributed by atoms with Crippen LogP contribution in [0.5, 0.6) is 5.75 Å². The molecule has 1 N–H and O–H groups in total. The van der Waals surface area contributed by atoms with Gasteiger partial charge in [0, 0.05) is 30.2 Å². The van der Waals surface area contributed by atoms with Gasteiger partial charge in [0.05, 0.1) is 37.3 Å². The average Bonchev–Trinajstić information content (AvgIpc) is 3.46. The fourth-order valence-electron chi connectivity index (χ4n) is 8.06. The van der Waals surface area contributed by atoms with Gasteiger partial charge in [-0.1, -0.05) is 19.1 Å². The maximum absolute atomic E-state index is 12.3. The molecule has 0 aliphatic heterocycles. The number of aromatic nitrogens is 2. The number of ether oxygens (including phenoxy) is 4. The van der Waals surface area contributed by atoms with Crippen molar-refractivity contribution in [3.05, 3.63) is 59.7 Å². The van der Waals surface area contributed by atoms with Gasteiger partial charge in [0.1, 0.15) is 5.75 Å². The second-order valence-electron chi connectivity index (χ2n) is 12.4. The van der Waals surface area contributed by atoms with Crippen molar-refractivity contribution in [2.75, 3.05) is 27.4 Å². The molecule has 0 radical (unpaired) electrons. The van der Waals surface area contributed by atoms with Crippen molar-refractivity contribution in [3.8, 4) is 28.3 Å². The molecule has 4 fully saturated rings. The number of hydrogen-bond acceptors (Lipinski definition) is 7. The SMILES string of the molecule is CCC(OCCOC)Oc1ccc(-c2cc(-c3ccc(C(=O)OC)cc3)n(C(=O)O)n2)cc1C12CC3CC(CC(C3)C1)C2. The van der Waals surface area contributed by atoms with Crippen molar-refractivity contribution < 1.29 is 33.6 Å². The van der Waals surface area contributed by atoms with Crippen molar-refractivity contribution in [1.82, 2.24) is 9.78 Å². The molecule has 9 heteroatoms. The summed E-state index contributed by atoms with van der Waals surface area (Å²) < 4.78 is 23.5. The Morgan fingerprint density at radius 2 is 1.60 bits per heavy atom. The van der Waals surface area contributed by atoms with E-state index in [2.05, 4.69) is 11.2 Å². The minimum Gasteiger partial charge on any atom is -0.465 e. The molecule has 1 heterocycles. The highest BCUT2D eigenvalue weighted by Crippen LogP contribution is 2.62. The zero-order valence-electron chi connectivity index (χ0n) is 25.1. The standard InChI is InChI=1S/C34H40N2O7/c1-4-31(42-12-11-40-2)43-30-10-9-26(16-27(30)34-18-21-13-22(19-34)15-23(14-21)20-34)28-17-29(36(35-28)33(38)39)24-5-7-25(8-6-24)32(37)41-3/h5-10,16-17,21-23,31H,4,11-15,18-20H2,1-3H3,(H,38,39). The first kappa shape index (κ1) is 29.4. The van der Waals surface area contributed by atoms with Crippen LogP contribution in [0.1, 0.15) is 67.8 Å². The van der Waals surface area contributed by atoms with Gasteiger partial charge in [0.25, 0.3) is 0 Å². The smallest absolute Gasteiger partial charge is 0.432 e. The lowest BCUT2D eigenvalue weighted by Crippen LogP contribution is -2.48. The van der Waals surface area contributed by atoms with Gasteiger partial charge < -0.3 is 24.1 Å². The quantitative estimate of drug-likeness (QED) is 0.148. The molecule has 4 bridgehead atoms. The first-order valence-electron chi connectivity index (χ1n) is 15.3. The Morgan fingerprint density at radius 3 is 2.19 bits per heavy atom. The second-order valence-corrected chi connectivity index (χ2v) is 12.4. The van der Waals surface area contributed by atoms with E-state index in [1.54, 1.807) is 37.4 Å². The number of carbonyl (C=O) groups excluding carboxylic acids is 1. The molecule has 7 rings (SSSR count). The van der Waals surface area contributed by atoms with Crippen molar-refractivity contribution >= 4 is 12.1 Å². The molecular formula is C34H40N2O7. The van der Waals surface area contributed by atoms with Gasteiger partial charge in [-0.2, -0.15) is 9.78 Å². The Morgan fingerprint density at radius 1 is 0.953 bits per heavy atom. The van der Waals surface area contributed by atoms with Gasteiger partial charge in [-0.05, 0) is 98.1 Å². The van der Waals surface area contributed by atoms with Crippen LogP contribution in [0.3, 0.4) is 0 Å². The van der Waals surface area contributed by atoms with Gasteiger partial charge in [-0.25, -0.2) is 9.59 Å². The Hall–Kier alpha value is -3.69. The lowest BCUT2D eigenvalue weighted by atomic mass is 9.48. The van der Waals surface area contributed by atoms with E-state index in [0.29, 0.717) is 42.1 Å². The molecule has 0 spiro atoms. The highest BCUT2D eigenvalue weighted by molar-refractivity contribution is 5.90. The Balaban J connectivity index is 1.39. The molecule has 228 valence electrons. The van der Waals surface area contributed by atoms with E-state index in [-0.39, 0.29) is 11.7 Å². The highest BCUT2D eigenvalue weighted by Gasteiger charge is 2.52. The lowest BCUT2D eigenvalue weighted by Gasteiger charge is -2.57. The molecule has 4 saturated carbocycles. The molecule has 1 atom stereocenters. The monoisotopic (exact) mass is 588 g/mol. The van der Waals surface area contributed by atoms with Crippen LogP contribution >= 0.6 is 0 Å². The van der Waals surface area contributed by atoms with Gasteiger partial charge in [0.2, 0.25) is 0 Å². The van der Waals surface area contributed by atoms with Gasteiger partial charge in [-0.15, -0.1) is 0 Å². The van der Waals surface area contributed by atoms with Gasteiger partial charge in [-0.3, -0.25) is 0 Å². The van der Waals surface area contributed by atoms with E-state index in [1.807, 2.05) is 19.1 Å². The highest BCUT2D eigenvalue weighted by atomic mass is 16.7. The zero-order chi connectivity index (χ0) is 30.1. The fraction of sp³-hybridized carbons (Fsp3) is 0.500.